The van der Waals surface area contributed by atoms with E-state index in [-0.39, 0.29) is 12.5 Å². The first kappa shape index (κ1) is 13.6. The van der Waals surface area contributed by atoms with Crippen LogP contribution in [0.2, 0.25) is 5.02 Å². The van der Waals surface area contributed by atoms with Gasteiger partial charge in [0.25, 0.3) is 5.91 Å². The molecule has 0 unspecified atom stereocenters. The van der Waals surface area contributed by atoms with E-state index < -0.39 is 5.97 Å². The van der Waals surface area contributed by atoms with Crippen LogP contribution >= 0.6 is 11.6 Å². The minimum atomic E-state index is -1.04. The van der Waals surface area contributed by atoms with Crippen LogP contribution < -0.4 is 0 Å². The van der Waals surface area contributed by atoms with Crippen molar-refractivity contribution in [1.29, 1.82) is 0 Å². The summed E-state index contributed by atoms with van der Waals surface area (Å²) >= 11 is 5.85. The largest absolute Gasteiger partial charge is 0.480 e. The number of rotatable bonds is 5. The van der Waals surface area contributed by atoms with E-state index in [1.165, 1.54) is 7.05 Å². The zero-order valence-corrected chi connectivity index (χ0v) is 10.6. The van der Waals surface area contributed by atoms with Crippen molar-refractivity contribution in [3.8, 4) is 0 Å². The summed E-state index contributed by atoms with van der Waals surface area (Å²) < 4.78 is 1.74. The van der Waals surface area contributed by atoms with Gasteiger partial charge in [-0.05, 0) is 12.5 Å². The normalized spacial score (nSPS) is 10.3. The number of aromatic nitrogens is 1. The molecule has 1 rings (SSSR count). The summed E-state index contributed by atoms with van der Waals surface area (Å²) in [7, 11) is 1.45. The average molecular weight is 259 g/mol. The van der Waals surface area contributed by atoms with Crippen molar-refractivity contribution in [2.45, 2.75) is 19.9 Å². The molecule has 1 N–H and O–H groups in total. The Labute approximate surface area is 105 Å². The maximum absolute atomic E-state index is 12.0. The second-order valence-electron chi connectivity index (χ2n) is 3.79. The lowest BCUT2D eigenvalue weighted by molar-refractivity contribution is -0.137. The summed E-state index contributed by atoms with van der Waals surface area (Å²) in [4.78, 5) is 23.7. The van der Waals surface area contributed by atoms with Gasteiger partial charge in [0, 0.05) is 19.8 Å². The van der Waals surface area contributed by atoms with Gasteiger partial charge in [0.1, 0.15) is 12.2 Å². The minimum absolute atomic E-state index is 0.326. The Kier molecular flexibility index (Phi) is 4.57. The third-order valence-electron chi connectivity index (χ3n) is 2.27. The molecule has 1 aromatic rings. The van der Waals surface area contributed by atoms with Crippen LogP contribution in [0.4, 0.5) is 0 Å². The van der Waals surface area contributed by atoms with Crippen LogP contribution in [0, 0.1) is 0 Å². The number of aryl methyl sites for hydroxylation is 1. The molecule has 5 nitrogen and oxygen atoms in total. The zero-order valence-electron chi connectivity index (χ0n) is 9.81. The molecule has 0 radical (unpaired) electrons. The third kappa shape index (κ3) is 3.49. The highest BCUT2D eigenvalue weighted by atomic mass is 35.5. The number of nitrogens with zero attached hydrogens (tertiary/aromatic N) is 2. The fourth-order valence-corrected chi connectivity index (χ4v) is 1.77. The number of carboxylic acid groups (broad SMARTS) is 1. The zero-order chi connectivity index (χ0) is 13.0. The predicted octanol–water partition coefficient (Wildman–Crippen LogP) is 1.71. The molecule has 0 aliphatic heterocycles. The van der Waals surface area contributed by atoms with Crippen molar-refractivity contribution >= 4 is 23.5 Å². The molecule has 0 fully saturated rings. The van der Waals surface area contributed by atoms with Gasteiger partial charge in [-0.1, -0.05) is 18.5 Å². The van der Waals surface area contributed by atoms with Gasteiger partial charge in [-0.25, -0.2) is 0 Å². The number of carbonyl (C=O) groups excluding carboxylic acids is 1. The number of carbonyl (C=O) groups is 2. The Bertz CT molecular complexity index is 428. The first-order valence-corrected chi connectivity index (χ1v) is 5.66. The van der Waals surface area contributed by atoms with Gasteiger partial charge in [-0.2, -0.15) is 0 Å². The Morgan fingerprint density at radius 1 is 1.53 bits per heavy atom. The highest BCUT2D eigenvalue weighted by Crippen LogP contribution is 2.16. The highest BCUT2D eigenvalue weighted by molar-refractivity contribution is 6.31. The molecular weight excluding hydrogens is 244 g/mol. The summed E-state index contributed by atoms with van der Waals surface area (Å²) in [6.07, 6.45) is 2.54. The average Bonchev–Trinajstić information content (AvgIpc) is 2.58. The number of carboxylic acids is 1. The number of hydrogen-bond donors (Lipinski definition) is 1. The first-order valence-electron chi connectivity index (χ1n) is 5.28. The third-order valence-corrected chi connectivity index (χ3v) is 2.47. The predicted molar refractivity (Wildman–Crippen MR) is 64.3 cm³/mol. The molecule has 0 atom stereocenters. The second kappa shape index (κ2) is 5.72. The maximum atomic E-state index is 12.0. The lowest BCUT2D eigenvalue weighted by atomic mass is 10.3. The molecular formula is C11H15ClN2O3. The summed E-state index contributed by atoms with van der Waals surface area (Å²) in [5.74, 6) is -1.38. The van der Waals surface area contributed by atoms with Gasteiger partial charge in [-0.3, -0.25) is 9.59 Å². The first-order chi connectivity index (χ1) is 7.95. The van der Waals surface area contributed by atoms with Gasteiger partial charge < -0.3 is 14.6 Å². The van der Waals surface area contributed by atoms with E-state index in [0.717, 1.165) is 11.3 Å². The number of amides is 1. The molecule has 94 valence electrons. The van der Waals surface area contributed by atoms with Gasteiger partial charge in [0.15, 0.2) is 0 Å². The lowest BCUT2D eigenvalue weighted by Gasteiger charge is -2.15. The fraction of sp³-hybridized carbons (Fsp3) is 0.455. The Morgan fingerprint density at radius 2 is 2.18 bits per heavy atom. The van der Waals surface area contributed by atoms with Crippen LogP contribution in [0.15, 0.2) is 12.3 Å². The topological polar surface area (TPSA) is 62.5 Å². The van der Waals surface area contributed by atoms with Crippen LogP contribution in [-0.4, -0.2) is 40.0 Å². The van der Waals surface area contributed by atoms with Gasteiger partial charge >= 0.3 is 5.97 Å². The fourth-order valence-electron chi connectivity index (χ4n) is 1.55. The quantitative estimate of drug-likeness (QED) is 0.875. The number of halogens is 1. The maximum Gasteiger partial charge on any atom is 0.323 e. The molecule has 1 aromatic heterocycles. The van der Waals surface area contributed by atoms with E-state index >= 15 is 0 Å². The summed E-state index contributed by atoms with van der Waals surface area (Å²) in [6, 6.07) is 1.55. The van der Waals surface area contributed by atoms with Crippen molar-refractivity contribution in [2.75, 3.05) is 13.6 Å². The molecule has 1 heterocycles. The van der Waals surface area contributed by atoms with E-state index in [9.17, 15) is 9.59 Å². The van der Waals surface area contributed by atoms with Crippen molar-refractivity contribution in [2.24, 2.45) is 0 Å². The number of likely N-dealkylation sites (N-methyl/N-ethyl adjacent to an activating group) is 1. The molecule has 0 aromatic carbocycles. The van der Waals surface area contributed by atoms with Gasteiger partial charge in [0.2, 0.25) is 0 Å². The number of hydrogen-bond acceptors (Lipinski definition) is 2. The van der Waals surface area contributed by atoms with E-state index in [4.69, 9.17) is 16.7 Å². The molecule has 6 heteroatoms. The smallest absolute Gasteiger partial charge is 0.323 e. The number of aliphatic carboxylic acids is 1. The Balaban J connectivity index is 2.90. The second-order valence-corrected chi connectivity index (χ2v) is 4.23. The van der Waals surface area contributed by atoms with Crippen molar-refractivity contribution < 1.29 is 14.7 Å². The van der Waals surface area contributed by atoms with Crippen LogP contribution in [-0.2, 0) is 11.3 Å². The van der Waals surface area contributed by atoms with Crippen LogP contribution in [0.5, 0.6) is 0 Å². The van der Waals surface area contributed by atoms with E-state index in [1.54, 1.807) is 16.8 Å². The molecule has 0 saturated heterocycles. The van der Waals surface area contributed by atoms with Crippen molar-refractivity contribution in [3.05, 3.63) is 23.0 Å². The van der Waals surface area contributed by atoms with E-state index in [1.807, 2.05) is 6.92 Å². The van der Waals surface area contributed by atoms with Crippen molar-refractivity contribution in [3.63, 3.8) is 0 Å². The SMILES string of the molecule is CCCn1cc(Cl)cc1C(=O)N(C)CC(=O)O. The monoisotopic (exact) mass is 258 g/mol. The van der Waals surface area contributed by atoms with Crippen LogP contribution in [0.1, 0.15) is 23.8 Å². The molecule has 0 spiro atoms. The highest BCUT2D eigenvalue weighted by Gasteiger charge is 2.18. The Morgan fingerprint density at radius 3 is 2.71 bits per heavy atom. The van der Waals surface area contributed by atoms with E-state index in [2.05, 4.69) is 0 Å². The molecule has 0 saturated carbocycles. The van der Waals surface area contributed by atoms with Crippen molar-refractivity contribution in [1.82, 2.24) is 9.47 Å². The summed E-state index contributed by atoms with van der Waals surface area (Å²) in [6.45, 7) is 2.34. The van der Waals surface area contributed by atoms with Crippen LogP contribution in [0.3, 0.4) is 0 Å². The summed E-state index contributed by atoms with van der Waals surface area (Å²) in [5.41, 5.74) is 0.417. The lowest BCUT2D eigenvalue weighted by Crippen LogP contribution is -2.33. The standard InChI is InChI=1S/C11H15ClN2O3/c1-3-4-14-6-8(12)5-9(14)11(17)13(2)7-10(15)16/h5-6H,3-4,7H2,1-2H3,(H,15,16). The Hall–Kier alpha value is -1.49. The molecule has 1 amide bonds. The van der Waals surface area contributed by atoms with E-state index in [0.29, 0.717) is 17.3 Å². The van der Waals surface area contributed by atoms with Crippen LogP contribution in [0.25, 0.3) is 0 Å². The summed E-state index contributed by atoms with van der Waals surface area (Å²) in [5, 5.41) is 9.11. The molecule has 0 aliphatic rings. The molecule has 0 aliphatic carbocycles. The molecule has 17 heavy (non-hydrogen) atoms. The van der Waals surface area contributed by atoms with Gasteiger partial charge in [-0.15, -0.1) is 0 Å². The minimum Gasteiger partial charge on any atom is -0.480 e. The van der Waals surface area contributed by atoms with Gasteiger partial charge in [0.05, 0.1) is 5.02 Å². The molecule has 0 bridgehead atoms.